The molecule has 0 aliphatic carbocycles. The molecular formula is C15H29NO4. The molecule has 1 aliphatic heterocycles. The van der Waals surface area contributed by atoms with Crippen LogP contribution in [-0.4, -0.2) is 60.0 Å². The predicted molar refractivity (Wildman–Crippen MR) is 77.8 cm³/mol. The summed E-state index contributed by atoms with van der Waals surface area (Å²) in [5.74, 6) is -0.678. The third-order valence-corrected chi connectivity index (χ3v) is 4.37. The van der Waals surface area contributed by atoms with Crippen molar-refractivity contribution in [2.24, 2.45) is 5.41 Å². The molecule has 0 radical (unpaired) electrons. The van der Waals surface area contributed by atoms with E-state index in [0.29, 0.717) is 39.0 Å². The predicted octanol–water partition coefficient (Wildman–Crippen LogP) is 1.74. The van der Waals surface area contributed by atoms with E-state index in [4.69, 9.17) is 4.74 Å². The van der Waals surface area contributed by atoms with Crippen LogP contribution < -0.4 is 0 Å². The van der Waals surface area contributed by atoms with Crippen molar-refractivity contribution in [1.82, 2.24) is 4.90 Å². The van der Waals surface area contributed by atoms with Crippen LogP contribution in [0.2, 0.25) is 0 Å². The van der Waals surface area contributed by atoms with E-state index in [1.54, 1.807) is 0 Å². The van der Waals surface area contributed by atoms with Gasteiger partial charge in [-0.2, -0.15) is 0 Å². The van der Waals surface area contributed by atoms with Crippen LogP contribution in [0.3, 0.4) is 0 Å². The average molecular weight is 287 g/mol. The lowest BCUT2D eigenvalue weighted by atomic mass is 9.76. The summed E-state index contributed by atoms with van der Waals surface area (Å²) in [4.78, 5) is 13.5. The number of carboxylic acid groups (broad SMARTS) is 1. The minimum atomic E-state index is -0.678. The number of aliphatic hydroxyl groups excluding tert-OH is 1. The molecule has 0 aromatic carbocycles. The van der Waals surface area contributed by atoms with Gasteiger partial charge in [-0.15, -0.1) is 0 Å². The monoisotopic (exact) mass is 287 g/mol. The highest BCUT2D eigenvalue weighted by Gasteiger charge is 2.39. The van der Waals surface area contributed by atoms with E-state index in [9.17, 15) is 15.0 Å². The van der Waals surface area contributed by atoms with Gasteiger partial charge in [-0.3, -0.25) is 4.79 Å². The van der Waals surface area contributed by atoms with Crippen LogP contribution in [-0.2, 0) is 9.53 Å². The van der Waals surface area contributed by atoms with Crippen molar-refractivity contribution in [2.45, 2.75) is 52.1 Å². The van der Waals surface area contributed by atoms with Crippen LogP contribution in [0, 0.1) is 5.41 Å². The Morgan fingerprint density at radius 1 is 1.35 bits per heavy atom. The van der Waals surface area contributed by atoms with Crippen LogP contribution in [0.1, 0.15) is 46.0 Å². The van der Waals surface area contributed by atoms with Crippen molar-refractivity contribution in [2.75, 3.05) is 32.8 Å². The SMILES string of the molecule is CCCCOCC(O)CN1CCC(CC)(C(=O)O)CC1. The number of piperidine rings is 1. The van der Waals surface area contributed by atoms with Gasteiger partial charge < -0.3 is 19.8 Å². The number of β-amino-alcohol motifs (C(OH)–C–C–N with tert-alkyl or cyclic N) is 1. The van der Waals surface area contributed by atoms with Gasteiger partial charge in [0.2, 0.25) is 0 Å². The van der Waals surface area contributed by atoms with Gasteiger partial charge in [0.05, 0.1) is 18.1 Å². The van der Waals surface area contributed by atoms with Crippen LogP contribution in [0.5, 0.6) is 0 Å². The lowest BCUT2D eigenvalue weighted by Crippen LogP contribution is -2.46. The van der Waals surface area contributed by atoms with Gasteiger partial charge in [0.15, 0.2) is 0 Å². The third-order valence-electron chi connectivity index (χ3n) is 4.37. The number of nitrogens with zero attached hydrogens (tertiary/aromatic N) is 1. The topological polar surface area (TPSA) is 70.0 Å². The zero-order chi connectivity index (χ0) is 15.0. The summed E-state index contributed by atoms with van der Waals surface area (Å²) in [6.07, 6.45) is 3.65. The van der Waals surface area contributed by atoms with E-state index in [0.717, 1.165) is 25.9 Å². The lowest BCUT2D eigenvalue weighted by Gasteiger charge is -2.38. The molecule has 1 unspecified atom stereocenters. The Morgan fingerprint density at radius 3 is 2.50 bits per heavy atom. The molecular weight excluding hydrogens is 258 g/mol. The average Bonchev–Trinajstić information content (AvgIpc) is 2.44. The number of ether oxygens (including phenoxy) is 1. The maximum absolute atomic E-state index is 11.4. The zero-order valence-electron chi connectivity index (χ0n) is 12.8. The van der Waals surface area contributed by atoms with Gasteiger partial charge in [-0.1, -0.05) is 20.3 Å². The first-order chi connectivity index (χ1) is 9.54. The Hall–Kier alpha value is -0.650. The largest absolute Gasteiger partial charge is 0.481 e. The summed E-state index contributed by atoms with van der Waals surface area (Å²) in [5.41, 5.74) is -0.556. The smallest absolute Gasteiger partial charge is 0.309 e. The number of hydrogen-bond acceptors (Lipinski definition) is 4. The Bertz CT molecular complexity index is 288. The molecule has 1 rings (SSSR count). The summed E-state index contributed by atoms with van der Waals surface area (Å²) >= 11 is 0. The minimum Gasteiger partial charge on any atom is -0.481 e. The van der Waals surface area contributed by atoms with E-state index in [1.165, 1.54) is 0 Å². The number of unbranched alkanes of at least 4 members (excludes halogenated alkanes) is 1. The number of aliphatic carboxylic acids is 1. The van der Waals surface area contributed by atoms with E-state index in [-0.39, 0.29) is 0 Å². The number of rotatable bonds is 9. The molecule has 1 fully saturated rings. The highest BCUT2D eigenvalue weighted by atomic mass is 16.5. The van der Waals surface area contributed by atoms with Gasteiger partial charge in [0.25, 0.3) is 0 Å². The van der Waals surface area contributed by atoms with Crippen LogP contribution >= 0.6 is 0 Å². The van der Waals surface area contributed by atoms with Crippen molar-refractivity contribution in [3.63, 3.8) is 0 Å². The maximum Gasteiger partial charge on any atom is 0.309 e. The molecule has 5 heteroatoms. The number of likely N-dealkylation sites (tertiary alicyclic amines) is 1. The van der Waals surface area contributed by atoms with E-state index in [2.05, 4.69) is 11.8 Å². The Balaban J connectivity index is 2.26. The highest BCUT2D eigenvalue weighted by molar-refractivity contribution is 5.74. The van der Waals surface area contributed by atoms with Crippen molar-refractivity contribution in [3.8, 4) is 0 Å². The highest BCUT2D eigenvalue weighted by Crippen LogP contribution is 2.35. The lowest BCUT2D eigenvalue weighted by molar-refractivity contribution is -0.152. The quantitative estimate of drug-likeness (QED) is 0.632. The van der Waals surface area contributed by atoms with Crippen molar-refractivity contribution < 1.29 is 19.7 Å². The first-order valence-electron chi connectivity index (χ1n) is 7.75. The Labute approximate surface area is 121 Å². The molecule has 0 aromatic heterocycles. The normalized spacial score (nSPS) is 20.8. The van der Waals surface area contributed by atoms with Crippen LogP contribution in [0.4, 0.5) is 0 Å². The Kier molecular flexibility index (Phi) is 7.48. The fraction of sp³-hybridized carbons (Fsp3) is 0.933. The minimum absolute atomic E-state index is 0.369. The van der Waals surface area contributed by atoms with Crippen molar-refractivity contribution in [3.05, 3.63) is 0 Å². The molecule has 5 nitrogen and oxygen atoms in total. The molecule has 0 aromatic rings. The number of carboxylic acids is 1. The van der Waals surface area contributed by atoms with Gasteiger partial charge in [0, 0.05) is 13.2 Å². The van der Waals surface area contributed by atoms with Gasteiger partial charge >= 0.3 is 5.97 Å². The zero-order valence-corrected chi connectivity index (χ0v) is 12.8. The molecule has 20 heavy (non-hydrogen) atoms. The second kappa shape index (κ2) is 8.60. The van der Waals surface area contributed by atoms with Crippen LogP contribution in [0.15, 0.2) is 0 Å². The second-order valence-corrected chi connectivity index (χ2v) is 5.82. The van der Waals surface area contributed by atoms with E-state index < -0.39 is 17.5 Å². The number of hydrogen-bond donors (Lipinski definition) is 2. The molecule has 1 atom stereocenters. The third kappa shape index (κ3) is 5.04. The van der Waals surface area contributed by atoms with Crippen molar-refractivity contribution >= 4 is 5.97 Å². The molecule has 0 amide bonds. The van der Waals surface area contributed by atoms with Crippen LogP contribution in [0.25, 0.3) is 0 Å². The summed E-state index contributed by atoms with van der Waals surface area (Å²) in [5, 5.41) is 19.2. The first kappa shape index (κ1) is 17.4. The standard InChI is InChI=1S/C15H29NO4/c1-3-5-10-20-12-13(17)11-16-8-6-15(4-2,7-9-16)14(18)19/h13,17H,3-12H2,1-2H3,(H,18,19). The summed E-state index contributed by atoms with van der Waals surface area (Å²) in [6.45, 7) is 7.18. The van der Waals surface area contributed by atoms with E-state index >= 15 is 0 Å². The molecule has 0 bridgehead atoms. The molecule has 0 spiro atoms. The number of carbonyl (C=O) groups is 1. The fourth-order valence-corrected chi connectivity index (χ4v) is 2.70. The summed E-state index contributed by atoms with van der Waals surface area (Å²) in [6, 6.07) is 0. The van der Waals surface area contributed by atoms with Crippen molar-refractivity contribution in [1.29, 1.82) is 0 Å². The molecule has 118 valence electrons. The molecule has 2 N–H and O–H groups in total. The maximum atomic E-state index is 11.4. The fourth-order valence-electron chi connectivity index (χ4n) is 2.70. The van der Waals surface area contributed by atoms with Gasteiger partial charge in [0.1, 0.15) is 0 Å². The summed E-state index contributed by atoms with van der Waals surface area (Å²) in [7, 11) is 0. The first-order valence-corrected chi connectivity index (χ1v) is 7.75. The molecule has 1 aliphatic rings. The number of aliphatic hydroxyl groups is 1. The molecule has 1 heterocycles. The van der Waals surface area contributed by atoms with Gasteiger partial charge in [-0.25, -0.2) is 0 Å². The van der Waals surface area contributed by atoms with E-state index in [1.807, 2.05) is 6.92 Å². The second-order valence-electron chi connectivity index (χ2n) is 5.82. The molecule has 1 saturated heterocycles. The Morgan fingerprint density at radius 2 is 2.00 bits per heavy atom. The van der Waals surface area contributed by atoms with Gasteiger partial charge in [-0.05, 0) is 38.8 Å². The summed E-state index contributed by atoms with van der Waals surface area (Å²) < 4.78 is 5.41. The molecule has 0 saturated carbocycles.